The molecule has 1 atom stereocenters. The zero-order chi connectivity index (χ0) is 26.3. The molecule has 0 unspecified atom stereocenters. The number of carbonyl (C=O) groups excluding carboxylic acids is 2. The molecule has 2 aromatic carbocycles. The van der Waals surface area contributed by atoms with E-state index in [0.29, 0.717) is 22.2 Å². The molecule has 2 aromatic rings. The first-order valence-electron chi connectivity index (χ1n) is 11.1. The molecule has 0 fully saturated rings. The summed E-state index contributed by atoms with van der Waals surface area (Å²) in [6, 6.07) is 8.69. The van der Waals surface area contributed by atoms with Crippen molar-refractivity contribution < 1.29 is 22.4 Å². The normalized spacial score (nSPS) is 12.3. The highest BCUT2D eigenvalue weighted by molar-refractivity contribution is 7.92. The van der Waals surface area contributed by atoms with Crippen molar-refractivity contribution in [1.82, 2.24) is 10.2 Å². The van der Waals surface area contributed by atoms with Gasteiger partial charge in [0.25, 0.3) is 0 Å². The van der Waals surface area contributed by atoms with Crippen molar-refractivity contribution in [3.05, 3.63) is 63.9 Å². The molecule has 1 N–H and O–H groups in total. The first-order valence-corrected chi connectivity index (χ1v) is 13.7. The molecule has 0 aliphatic carbocycles. The third kappa shape index (κ3) is 8.37. The topological polar surface area (TPSA) is 86.8 Å². The van der Waals surface area contributed by atoms with Gasteiger partial charge < -0.3 is 10.2 Å². The monoisotopic (exact) mass is 545 g/mol. The van der Waals surface area contributed by atoms with E-state index < -0.39 is 34.3 Å². The highest BCUT2D eigenvalue weighted by Crippen LogP contribution is 2.25. The molecule has 0 heterocycles. The minimum absolute atomic E-state index is 0.0382. The molecule has 0 aliphatic heterocycles. The predicted octanol–water partition coefficient (Wildman–Crippen LogP) is 4.48. The fourth-order valence-corrected chi connectivity index (χ4v) is 4.71. The highest BCUT2D eigenvalue weighted by atomic mass is 35.5. The summed E-state index contributed by atoms with van der Waals surface area (Å²) >= 11 is 12.3. The number of nitrogens with zero attached hydrogens (tertiary/aromatic N) is 2. The van der Waals surface area contributed by atoms with Gasteiger partial charge in [-0.15, -0.1) is 0 Å². The lowest BCUT2D eigenvalue weighted by molar-refractivity contribution is -0.140. The van der Waals surface area contributed by atoms with Crippen molar-refractivity contribution in [2.75, 3.05) is 23.7 Å². The Hall–Kier alpha value is -2.36. The van der Waals surface area contributed by atoms with E-state index in [2.05, 4.69) is 5.32 Å². The smallest absolute Gasteiger partial charge is 0.244 e. The second kappa shape index (κ2) is 12.6. The number of hydrogen-bond donors (Lipinski definition) is 1. The van der Waals surface area contributed by atoms with Gasteiger partial charge in [0.1, 0.15) is 18.4 Å². The lowest BCUT2D eigenvalue weighted by Crippen LogP contribution is -2.52. The van der Waals surface area contributed by atoms with Crippen molar-refractivity contribution in [3.63, 3.8) is 0 Å². The van der Waals surface area contributed by atoms with Crippen LogP contribution in [0.25, 0.3) is 0 Å². The van der Waals surface area contributed by atoms with Gasteiger partial charge in [0, 0.05) is 23.1 Å². The molecule has 7 nitrogen and oxygen atoms in total. The molecule has 11 heteroatoms. The maximum Gasteiger partial charge on any atom is 0.244 e. The minimum atomic E-state index is -3.90. The molecule has 0 aromatic heterocycles. The Balaban J connectivity index is 2.44. The second-order valence-corrected chi connectivity index (χ2v) is 11.3. The van der Waals surface area contributed by atoms with Crippen LogP contribution in [-0.4, -0.2) is 50.5 Å². The number of carbonyl (C=O) groups is 2. The Morgan fingerprint density at radius 2 is 1.71 bits per heavy atom. The molecule has 0 radical (unpaired) electrons. The average Bonchev–Trinajstić information content (AvgIpc) is 2.77. The van der Waals surface area contributed by atoms with Crippen molar-refractivity contribution in [2.24, 2.45) is 5.92 Å². The van der Waals surface area contributed by atoms with Gasteiger partial charge in [-0.2, -0.15) is 0 Å². The van der Waals surface area contributed by atoms with Crippen LogP contribution < -0.4 is 9.62 Å². The van der Waals surface area contributed by atoms with Crippen molar-refractivity contribution in [3.8, 4) is 0 Å². The van der Waals surface area contributed by atoms with E-state index in [0.717, 1.165) is 22.7 Å². The van der Waals surface area contributed by atoms with Crippen LogP contribution in [0.1, 0.15) is 32.8 Å². The van der Waals surface area contributed by atoms with Gasteiger partial charge in [-0.1, -0.05) is 50.0 Å². The number of nitrogens with one attached hydrogen (secondary N) is 1. The molecule has 0 aliphatic rings. The molecule has 0 spiro atoms. The van der Waals surface area contributed by atoms with Crippen molar-refractivity contribution >= 4 is 50.7 Å². The fourth-order valence-electron chi connectivity index (χ4n) is 3.40. The Labute approximate surface area is 216 Å². The lowest BCUT2D eigenvalue weighted by Gasteiger charge is -2.33. The summed E-state index contributed by atoms with van der Waals surface area (Å²) in [4.78, 5) is 27.9. The fraction of sp³-hybridized carbons (Fsp3) is 0.417. The van der Waals surface area contributed by atoms with Gasteiger partial charge in [0.05, 0.1) is 11.9 Å². The number of sulfonamides is 1. The van der Waals surface area contributed by atoms with E-state index in [-0.39, 0.29) is 30.5 Å². The predicted molar refractivity (Wildman–Crippen MR) is 138 cm³/mol. The van der Waals surface area contributed by atoms with Crippen molar-refractivity contribution in [1.29, 1.82) is 0 Å². The van der Waals surface area contributed by atoms with Crippen LogP contribution in [0, 0.1) is 11.7 Å². The van der Waals surface area contributed by atoms with E-state index >= 15 is 0 Å². The summed E-state index contributed by atoms with van der Waals surface area (Å²) in [6.07, 6.45) is 1.24. The molecule has 35 heavy (non-hydrogen) atoms. The Morgan fingerprint density at radius 3 is 2.23 bits per heavy atom. The maximum absolute atomic E-state index is 13.6. The zero-order valence-corrected chi connectivity index (χ0v) is 22.4. The van der Waals surface area contributed by atoms with E-state index in [1.165, 1.54) is 23.1 Å². The van der Waals surface area contributed by atoms with Gasteiger partial charge in [-0.25, -0.2) is 12.8 Å². The standard InChI is InChI=1S/C24H30Cl2FN3O4S/c1-5-22(24(32)28-13-16(2)3)29(14-17-6-7-18(25)12-21(17)26)23(31)15-30(35(4,33)34)20-10-8-19(27)9-11-20/h6-12,16,22H,5,13-15H2,1-4H3,(H,28,32)/t22-/m1/s1. The number of anilines is 1. The van der Waals surface area contributed by atoms with E-state index in [1.807, 2.05) is 13.8 Å². The highest BCUT2D eigenvalue weighted by Gasteiger charge is 2.32. The molecule has 2 rings (SSSR count). The third-order valence-corrected chi connectivity index (χ3v) is 6.95. The molecular formula is C24H30Cl2FN3O4S. The van der Waals surface area contributed by atoms with E-state index in [4.69, 9.17) is 23.2 Å². The van der Waals surface area contributed by atoms with Gasteiger partial charge in [0.2, 0.25) is 21.8 Å². The quantitative estimate of drug-likeness (QED) is 0.451. The zero-order valence-electron chi connectivity index (χ0n) is 20.1. The van der Waals surface area contributed by atoms with Crippen LogP contribution in [0.4, 0.5) is 10.1 Å². The Kier molecular flexibility index (Phi) is 10.4. The number of rotatable bonds is 11. The van der Waals surface area contributed by atoms with Gasteiger partial charge in [-0.3, -0.25) is 13.9 Å². The lowest BCUT2D eigenvalue weighted by atomic mass is 10.1. The molecule has 0 saturated heterocycles. The van der Waals surface area contributed by atoms with Crippen LogP contribution in [0.2, 0.25) is 10.0 Å². The Morgan fingerprint density at radius 1 is 1.09 bits per heavy atom. The number of hydrogen-bond acceptors (Lipinski definition) is 4. The van der Waals surface area contributed by atoms with E-state index in [1.54, 1.807) is 19.1 Å². The number of halogens is 3. The minimum Gasteiger partial charge on any atom is -0.354 e. The van der Waals surface area contributed by atoms with Gasteiger partial charge in [0.15, 0.2) is 0 Å². The molecule has 192 valence electrons. The summed E-state index contributed by atoms with van der Waals surface area (Å²) in [7, 11) is -3.90. The first-order chi connectivity index (χ1) is 16.3. The van der Waals surface area contributed by atoms with Crippen LogP contribution in [0.5, 0.6) is 0 Å². The summed E-state index contributed by atoms with van der Waals surface area (Å²) in [6.45, 7) is 5.46. The molecule has 2 amide bonds. The SMILES string of the molecule is CC[C@H](C(=O)NCC(C)C)N(Cc1ccc(Cl)cc1Cl)C(=O)CN(c1ccc(F)cc1)S(C)(=O)=O. The van der Waals surface area contributed by atoms with E-state index in [9.17, 15) is 22.4 Å². The van der Waals surface area contributed by atoms with Crippen LogP contribution in [0.15, 0.2) is 42.5 Å². The van der Waals surface area contributed by atoms with Crippen LogP contribution >= 0.6 is 23.2 Å². The summed E-state index contributed by atoms with van der Waals surface area (Å²) in [5.74, 6) is -1.31. The average molecular weight is 546 g/mol. The molecule has 0 saturated carbocycles. The van der Waals surface area contributed by atoms with Gasteiger partial charge >= 0.3 is 0 Å². The third-order valence-electron chi connectivity index (χ3n) is 5.22. The van der Waals surface area contributed by atoms with Crippen LogP contribution in [0.3, 0.4) is 0 Å². The van der Waals surface area contributed by atoms with Crippen LogP contribution in [-0.2, 0) is 26.2 Å². The second-order valence-electron chi connectivity index (χ2n) is 8.57. The molecular weight excluding hydrogens is 516 g/mol. The largest absolute Gasteiger partial charge is 0.354 e. The van der Waals surface area contributed by atoms with Gasteiger partial charge in [-0.05, 0) is 54.3 Å². The Bertz CT molecular complexity index is 1140. The number of benzene rings is 2. The van der Waals surface area contributed by atoms with Crippen molar-refractivity contribution in [2.45, 2.75) is 39.8 Å². The number of amides is 2. The summed E-state index contributed by atoms with van der Waals surface area (Å²) in [5, 5.41) is 3.57. The first kappa shape index (κ1) is 28.9. The summed E-state index contributed by atoms with van der Waals surface area (Å²) in [5.41, 5.74) is 0.677. The summed E-state index contributed by atoms with van der Waals surface area (Å²) < 4.78 is 39.3. The maximum atomic E-state index is 13.6. The molecule has 0 bridgehead atoms.